The minimum atomic E-state index is 0.635. The number of benzene rings is 3. The van der Waals surface area contributed by atoms with Gasteiger partial charge < -0.3 is 4.74 Å². The first-order valence-electron chi connectivity index (χ1n) is 10.0. The van der Waals surface area contributed by atoms with E-state index in [1.54, 1.807) is 6.20 Å². The van der Waals surface area contributed by atoms with E-state index in [9.17, 15) is 0 Å². The first-order valence-corrected chi connectivity index (χ1v) is 11.2. The van der Waals surface area contributed by atoms with E-state index in [0.717, 1.165) is 26.8 Å². The normalized spacial score (nSPS) is 11.5. The fourth-order valence-corrected chi connectivity index (χ4v) is 4.46. The standard InChI is InChI=1S/C26H18ClN3OS/c27-20-14-16-22(17-15-20)31-25-24(19-9-3-1-4-10-19)30(21-11-5-2-6-12-21)26(32-25)29-23-13-7-8-18-28-23/h1-18H. The van der Waals surface area contributed by atoms with Crippen molar-refractivity contribution in [1.29, 1.82) is 0 Å². The maximum atomic E-state index is 6.36. The maximum Gasteiger partial charge on any atom is 0.209 e. The molecule has 2 heterocycles. The van der Waals surface area contributed by atoms with Crippen LogP contribution in [0.2, 0.25) is 5.02 Å². The van der Waals surface area contributed by atoms with Gasteiger partial charge in [0.2, 0.25) is 5.06 Å². The number of nitrogens with zero attached hydrogens (tertiary/aromatic N) is 3. The molecule has 0 N–H and O–H groups in total. The van der Waals surface area contributed by atoms with E-state index in [1.165, 1.54) is 11.3 Å². The van der Waals surface area contributed by atoms with Crippen molar-refractivity contribution in [3.05, 3.63) is 119 Å². The van der Waals surface area contributed by atoms with Gasteiger partial charge in [-0.15, -0.1) is 0 Å². The van der Waals surface area contributed by atoms with Crippen LogP contribution in [0.4, 0.5) is 5.82 Å². The summed E-state index contributed by atoms with van der Waals surface area (Å²) in [6.07, 6.45) is 1.74. The van der Waals surface area contributed by atoms with Gasteiger partial charge in [0.1, 0.15) is 11.4 Å². The Bertz CT molecular complexity index is 1380. The minimum Gasteiger partial charge on any atom is -0.444 e. The van der Waals surface area contributed by atoms with Crippen molar-refractivity contribution in [2.75, 3.05) is 0 Å². The topological polar surface area (TPSA) is 39.4 Å². The highest BCUT2D eigenvalue weighted by atomic mass is 35.5. The molecule has 4 nitrogen and oxygen atoms in total. The van der Waals surface area contributed by atoms with Gasteiger partial charge >= 0.3 is 0 Å². The number of hydrogen-bond acceptors (Lipinski definition) is 4. The lowest BCUT2D eigenvalue weighted by Crippen LogP contribution is -2.13. The summed E-state index contributed by atoms with van der Waals surface area (Å²) in [5, 5.41) is 1.40. The molecule has 0 amide bonds. The highest BCUT2D eigenvalue weighted by Crippen LogP contribution is 2.38. The Kier molecular flexibility index (Phi) is 5.83. The summed E-state index contributed by atoms with van der Waals surface area (Å²) in [7, 11) is 0. The molecule has 0 aliphatic heterocycles. The Hall–Kier alpha value is -3.67. The SMILES string of the molecule is Clc1ccc(Oc2sc(=Nc3ccccn3)n(-c3ccccc3)c2-c2ccccc2)cc1. The lowest BCUT2D eigenvalue weighted by Gasteiger charge is -2.12. The molecule has 0 fully saturated rings. The van der Waals surface area contributed by atoms with E-state index in [-0.39, 0.29) is 0 Å². The Morgan fingerprint density at radius 1 is 0.781 bits per heavy atom. The molecule has 3 aromatic carbocycles. The Balaban J connectivity index is 1.78. The first-order chi connectivity index (χ1) is 15.8. The fourth-order valence-electron chi connectivity index (χ4n) is 3.29. The van der Waals surface area contributed by atoms with Crippen molar-refractivity contribution in [2.24, 2.45) is 4.99 Å². The first kappa shape index (κ1) is 20.2. The molecular weight excluding hydrogens is 438 g/mol. The number of para-hydroxylation sites is 1. The van der Waals surface area contributed by atoms with Gasteiger partial charge in [0.15, 0.2) is 10.6 Å². The fraction of sp³-hybridized carbons (Fsp3) is 0. The van der Waals surface area contributed by atoms with E-state index in [0.29, 0.717) is 16.6 Å². The van der Waals surface area contributed by atoms with Crippen molar-refractivity contribution in [1.82, 2.24) is 9.55 Å². The second-order valence-corrected chi connectivity index (χ2v) is 8.29. The molecule has 0 aliphatic carbocycles. The predicted octanol–water partition coefficient (Wildman–Crippen LogP) is 7.28. The van der Waals surface area contributed by atoms with Crippen LogP contribution in [0.5, 0.6) is 10.8 Å². The molecule has 32 heavy (non-hydrogen) atoms. The molecule has 0 aliphatic rings. The lowest BCUT2D eigenvalue weighted by atomic mass is 10.1. The summed E-state index contributed by atoms with van der Waals surface area (Å²) in [4.78, 5) is 10.00. The molecule has 5 aromatic rings. The van der Waals surface area contributed by atoms with Crippen molar-refractivity contribution < 1.29 is 4.74 Å². The van der Waals surface area contributed by atoms with Crippen LogP contribution in [0.25, 0.3) is 16.9 Å². The number of ether oxygens (including phenoxy) is 1. The summed E-state index contributed by atoms with van der Waals surface area (Å²) < 4.78 is 8.47. The maximum absolute atomic E-state index is 6.36. The molecule has 0 atom stereocenters. The van der Waals surface area contributed by atoms with Gasteiger partial charge in [0, 0.05) is 22.5 Å². The van der Waals surface area contributed by atoms with Crippen LogP contribution < -0.4 is 9.54 Å². The molecule has 0 saturated heterocycles. The average Bonchev–Trinajstić information content (AvgIpc) is 3.19. The van der Waals surface area contributed by atoms with Crippen molar-refractivity contribution in [3.63, 3.8) is 0 Å². The van der Waals surface area contributed by atoms with Crippen LogP contribution in [0.15, 0.2) is 114 Å². The summed E-state index contributed by atoms with van der Waals surface area (Å²) in [6, 6.07) is 33.4. The number of aromatic nitrogens is 2. The van der Waals surface area contributed by atoms with E-state index in [4.69, 9.17) is 21.3 Å². The van der Waals surface area contributed by atoms with Crippen molar-refractivity contribution in [3.8, 4) is 27.8 Å². The highest BCUT2D eigenvalue weighted by Gasteiger charge is 2.19. The van der Waals surface area contributed by atoms with Gasteiger partial charge in [-0.05, 0) is 48.5 Å². The molecule has 156 valence electrons. The van der Waals surface area contributed by atoms with Crippen LogP contribution in [0.3, 0.4) is 0 Å². The van der Waals surface area contributed by atoms with Gasteiger partial charge in [-0.3, -0.25) is 4.57 Å². The van der Waals surface area contributed by atoms with Crippen LogP contribution in [-0.4, -0.2) is 9.55 Å². The third-order valence-corrected chi connectivity index (χ3v) is 5.91. The number of hydrogen-bond donors (Lipinski definition) is 0. The number of pyridine rings is 1. The quantitative estimate of drug-likeness (QED) is 0.279. The summed E-state index contributed by atoms with van der Waals surface area (Å²) in [5.74, 6) is 1.34. The lowest BCUT2D eigenvalue weighted by molar-refractivity contribution is 0.496. The van der Waals surface area contributed by atoms with Crippen LogP contribution in [0, 0.1) is 0 Å². The molecule has 0 bridgehead atoms. The van der Waals surface area contributed by atoms with E-state index < -0.39 is 0 Å². The molecule has 6 heteroatoms. The zero-order valence-electron chi connectivity index (χ0n) is 16.9. The number of thiazole rings is 1. The summed E-state index contributed by atoms with van der Waals surface area (Å²) in [6.45, 7) is 0. The third kappa shape index (κ3) is 4.35. The predicted molar refractivity (Wildman–Crippen MR) is 130 cm³/mol. The molecule has 5 rings (SSSR count). The number of halogens is 1. The number of rotatable bonds is 5. The summed E-state index contributed by atoms with van der Waals surface area (Å²) in [5.41, 5.74) is 2.94. The Labute approximate surface area is 194 Å². The smallest absolute Gasteiger partial charge is 0.209 e. The second-order valence-electron chi connectivity index (χ2n) is 6.91. The van der Waals surface area contributed by atoms with E-state index in [1.807, 2.05) is 78.9 Å². The summed E-state index contributed by atoms with van der Waals surface area (Å²) >= 11 is 7.53. The monoisotopic (exact) mass is 455 g/mol. The van der Waals surface area contributed by atoms with E-state index >= 15 is 0 Å². The molecule has 0 saturated carbocycles. The van der Waals surface area contributed by atoms with Crippen LogP contribution in [0.1, 0.15) is 0 Å². The van der Waals surface area contributed by atoms with Crippen LogP contribution in [-0.2, 0) is 0 Å². The zero-order valence-corrected chi connectivity index (χ0v) is 18.5. The molecule has 0 spiro atoms. The van der Waals surface area contributed by atoms with Gasteiger partial charge in [-0.25, -0.2) is 9.98 Å². The van der Waals surface area contributed by atoms with Gasteiger partial charge in [0.25, 0.3) is 0 Å². The second kappa shape index (κ2) is 9.22. The Morgan fingerprint density at radius 2 is 1.47 bits per heavy atom. The van der Waals surface area contributed by atoms with Crippen molar-refractivity contribution >= 4 is 28.8 Å². The van der Waals surface area contributed by atoms with Crippen LogP contribution >= 0.6 is 22.9 Å². The van der Waals surface area contributed by atoms with Gasteiger partial charge in [-0.2, -0.15) is 0 Å². The molecule has 0 unspecified atom stereocenters. The minimum absolute atomic E-state index is 0.635. The third-order valence-electron chi connectivity index (χ3n) is 4.74. The van der Waals surface area contributed by atoms with E-state index in [2.05, 4.69) is 33.8 Å². The zero-order chi connectivity index (χ0) is 21.8. The molecule has 0 radical (unpaired) electrons. The van der Waals surface area contributed by atoms with Gasteiger partial charge in [0.05, 0.1) is 0 Å². The molecular formula is C26H18ClN3OS. The largest absolute Gasteiger partial charge is 0.444 e. The molecule has 2 aromatic heterocycles. The van der Waals surface area contributed by atoms with Crippen molar-refractivity contribution in [2.45, 2.75) is 0 Å². The van der Waals surface area contributed by atoms with Gasteiger partial charge in [-0.1, -0.05) is 77.5 Å². The highest BCUT2D eigenvalue weighted by molar-refractivity contribution is 7.11. The average molecular weight is 456 g/mol. The Morgan fingerprint density at radius 3 is 2.16 bits per heavy atom.